The molecule has 3 N–H and O–H groups in total. The number of ether oxygens (including phenoxy) is 1. The maximum Gasteiger partial charge on any atom is 0.284 e. The Morgan fingerprint density at radius 3 is 2.87 bits per heavy atom. The first kappa shape index (κ1) is 10.2. The molecular weight excluding hydrogens is 212 g/mol. The monoisotopic (exact) mass is 225 g/mol. The van der Waals surface area contributed by atoms with E-state index in [2.05, 4.69) is 9.59 Å². The highest BCUT2D eigenvalue weighted by Crippen LogP contribution is 2.28. The second-order valence-electron chi connectivity index (χ2n) is 3.58. The van der Waals surface area contributed by atoms with Crippen molar-refractivity contribution in [3.05, 3.63) is 11.3 Å². The van der Waals surface area contributed by atoms with Gasteiger partial charge < -0.3 is 10.5 Å². The third kappa shape index (κ3) is 2.59. The summed E-state index contributed by atoms with van der Waals surface area (Å²) in [5.74, 6) is 1.88. The Morgan fingerprint density at radius 1 is 1.60 bits per heavy atom. The lowest BCUT2D eigenvalue weighted by molar-refractivity contribution is 0.158. The summed E-state index contributed by atoms with van der Waals surface area (Å²) in [4.78, 5) is 0. The van der Waals surface area contributed by atoms with Gasteiger partial charge in [-0.15, -0.1) is 0 Å². The van der Waals surface area contributed by atoms with Crippen molar-refractivity contribution < 1.29 is 4.74 Å². The first-order valence-corrected chi connectivity index (χ1v) is 5.72. The van der Waals surface area contributed by atoms with E-state index in [-0.39, 0.29) is 11.9 Å². The van der Waals surface area contributed by atoms with Crippen LogP contribution in [0.3, 0.4) is 0 Å². The van der Waals surface area contributed by atoms with E-state index in [0.29, 0.717) is 5.88 Å². The molecule has 1 saturated carbocycles. The van der Waals surface area contributed by atoms with Gasteiger partial charge >= 0.3 is 0 Å². The Hall–Kier alpha value is -1.30. The van der Waals surface area contributed by atoms with Crippen molar-refractivity contribution in [2.45, 2.75) is 31.8 Å². The molecule has 0 bridgehead atoms. The molecule has 6 heteroatoms. The van der Waals surface area contributed by atoms with Gasteiger partial charge in [0.25, 0.3) is 5.84 Å². The van der Waals surface area contributed by atoms with Crippen LogP contribution >= 0.6 is 11.5 Å². The molecule has 0 atom stereocenters. The molecule has 1 heterocycles. The minimum atomic E-state index is 0.192. The summed E-state index contributed by atoms with van der Waals surface area (Å²) in [5.41, 5.74) is 5.43. The fourth-order valence-corrected chi connectivity index (χ4v) is 2.07. The lowest BCUT2D eigenvalue weighted by Gasteiger charge is -2.20. The molecule has 1 fully saturated rings. The quantitative estimate of drug-likeness (QED) is 0.462. The van der Waals surface area contributed by atoms with E-state index < -0.39 is 0 Å². The van der Waals surface area contributed by atoms with Crippen LogP contribution in [0, 0.1) is 11.3 Å². The van der Waals surface area contributed by atoms with Crippen molar-refractivity contribution in [3.8, 4) is 5.88 Å². The average molecular weight is 225 g/mol. The highest BCUT2D eigenvalue weighted by molar-refractivity contribution is 7.03. The lowest BCUT2D eigenvalue weighted by atomic mass is 9.87. The van der Waals surface area contributed by atoms with Gasteiger partial charge in [-0.05, 0) is 11.5 Å². The van der Waals surface area contributed by atoms with E-state index in [1.807, 2.05) is 0 Å². The molecule has 0 amide bonds. The van der Waals surface area contributed by atoms with Crippen LogP contribution in [-0.2, 0) is 0 Å². The van der Waals surface area contributed by atoms with Crippen LogP contribution in [0.15, 0.2) is 5.38 Å². The van der Waals surface area contributed by atoms with Crippen LogP contribution in [0.2, 0.25) is 0 Å². The fourth-order valence-electron chi connectivity index (χ4n) is 1.71. The maximum absolute atomic E-state index is 7.33. The Bertz CT molecular complexity index is 319. The molecule has 2 rings (SSSR count). The van der Waals surface area contributed by atoms with Crippen LogP contribution in [-0.4, -0.2) is 21.5 Å². The summed E-state index contributed by atoms with van der Waals surface area (Å²) in [6.07, 6.45) is 3.73. The number of rotatable bonds is 3. The van der Waals surface area contributed by atoms with Gasteiger partial charge in [0, 0.05) is 12.8 Å². The summed E-state index contributed by atoms with van der Waals surface area (Å²) < 4.78 is 9.37. The van der Waals surface area contributed by atoms with Gasteiger partial charge in [-0.25, -0.2) is 5.41 Å². The second-order valence-corrected chi connectivity index (χ2v) is 4.19. The third-order valence-electron chi connectivity index (χ3n) is 2.54. The van der Waals surface area contributed by atoms with Gasteiger partial charge in [0.1, 0.15) is 18.9 Å². The van der Waals surface area contributed by atoms with Crippen LogP contribution in [0.1, 0.15) is 25.7 Å². The zero-order valence-electron chi connectivity index (χ0n) is 8.27. The number of nitrogens with two attached hydrogens (primary N) is 1. The minimum Gasteiger partial charge on any atom is -0.472 e. The lowest BCUT2D eigenvalue weighted by Crippen LogP contribution is -2.29. The largest absolute Gasteiger partial charge is 0.472 e. The second kappa shape index (κ2) is 4.48. The first-order chi connectivity index (χ1) is 7.25. The summed E-state index contributed by atoms with van der Waals surface area (Å²) in [7, 11) is 0. The Morgan fingerprint density at radius 2 is 2.33 bits per heavy atom. The smallest absolute Gasteiger partial charge is 0.284 e. The predicted molar refractivity (Wildman–Crippen MR) is 58.0 cm³/mol. The molecule has 80 valence electrons. The molecule has 0 aromatic carbocycles. The van der Waals surface area contributed by atoms with E-state index in [1.165, 1.54) is 11.5 Å². The highest BCUT2D eigenvalue weighted by Gasteiger charge is 2.33. The molecule has 0 unspecified atom stereocenters. The minimum absolute atomic E-state index is 0.192. The van der Waals surface area contributed by atoms with Gasteiger partial charge in [-0.3, -0.25) is 0 Å². The van der Waals surface area contributed by atoms with Crippen molar-refractivity contribution in [1.82, 2.24) is 9.59 Å². The van der Waals surface area contributed by atoms with Crippen molar-refractivity contribution in [2.24, 2.45) is 5.73 Å². The third-order valence-corrected chi connectivity index (χ3v) is 3.03. The SMILES string of the molecule is N=C(N)[C+]1CCC(Oc2csnn2)CC1. The van der Waals surface area contributed by atoms with Crippen LogP contribution in [0.5, 0.6) is 5.88 Å². The zero-order valence-corrected chi connectivity index (χ0v) is 9.09. The Labute approximate surface area is 92.3 Å². The summed E-state index contributed by atoms with van der Waals surface area (Å²) in [6.45, 7) is 0. The van der Waals surface area contributed by atoms with E-state index in [4.69, 9.17) is 15.9 Å². The molecule has 1 aromatic heterocycles. The molecule has 0 aliphatic heterocycles. The van der Waals surface area contributed by atoms with Crippen LogP contribution < -0.4 is 10.5 Å². The first-order valence-electron chi connectivity index (χ1n) is 4.88. The van der Waals surface area contributed by atoms with Gasteiger partial charge in [0.2, 0.25) is 5.88 Å². The topological polar surface area (TPSA) is 84.9 Å². The van der Waals surface area contributed by atoms with Gasteiger partial charge in [0.05, 0.1) is 5.38 Å². The molecule has 15 heavy (non-hydrogen) atoms. The fraction of sp³-hybridized carbons (Fsp3) is 0.556. The van der Waals surface area contributed by atoms with Crippen molar-refractivity contribution >= 4 is 17.4 Å². The molecule has 1 aromatic rings. The molecule has 0 saturated heterocycles. The van der Waals surface area contributed by atoms with Crippen molar-refractivity contribution in [3.63, 3.8) is 0 Å². The summed E-state index contributed by atoms with van der Waals surface area (Å²) in [6, 6.07) is 0. The van der Waals surface area contributed by atoms with Crippen molar-refractivity contribution in [2.75, 3.05) is 0 Å². The predicted octanol–water partition coefficient (Wildman–Crippen LogP) is 1.37. The summed E-state index contributed by atoms with van der Waals surface area (Å²) in [5, 5.41) is 13.0. The molecule has 5 nitrogen and oxygen atoms in total. The van der Waals surface area contributed by atoms with E-state index in [1.54, 1.807) is 5.38 Å². The van der Waals surface area contributed by atoms with Crippen molar-refractivity contribution in [1.29, 1.82) is 5.41 Å². The number of hydrogen-bond donors (Lipinski definition) is 2. The number of nitrogens with zero attached hydrogens (tertiary/aromatic N) is 2. The number of amidine groups is 1. The molecular formula is C9H13N4OS+. The number of aromatic nitrogens is 2. The average Bonchev–Trinajstić information content (AvgIpc) is 2.71. The van der Waals surface area contributed by atoms with E-state index >= 15 is 0 Å². The van der Waals surface area contributed by atoms with Gasteiger partial charge in [0.15, 0.2) is 5.92 Å². The zero-order chi connectivity index (χ0) is 10.7. The summed E-state index contributed by atoms with van der Waals surface area (Å²) >= 11 is 1.29. The Balaban J connectivity index is 1.81. The van der Waals surface area contributed by atoms with E-state index in [9.17, 15) is 0 Å². The molecule has 1 aliphatic rings. The molecule has 0 radical (unpaired) electrons. The number of hydrogen-bond acceptors (Lipinski definition) is 5. The van der Waals surface area contributed by atoms with Gasteiger partial charge in [-0.1, -0.05) is 9.59 Å². The van der Waals surface area contributed by atoms with Crippen LogP contribution in [0.4, 0.5) is 0 Å². The number of nitrogens with one attached hydrogen (secondary N) is 1. The Kier molecular flexibility index (Phi) is 3.05. The van der Waals surface area contributed by atoms with Gasteiger partial charge in [-0.2, -0.15) is 0 Å². The van der Waals surface area contributed by atoms with E-state index in [0.717, 1.165) is 31.6 Å². The molecule has 1 aliphatic carbocycles. The highest BCUT2D eigenvalue weighted by atomic mass is 32.1. The standard InChI is InChI=1S/C9H13N4OS/c10-9(11)6-1-3-7(4-2-6)14-8-5-15-13-12-8/h5,7H,1-4H2,(H3,10,11)/q+1. The normalized spacial score (nSPS) is 17.7. The molecule has 0 spiro atoms. The maximum atomic E-state index is 7.33. The van der Waals surface area contributed by atoms with Crippen LogP contribution in [0.25, 0.3) is 0 Å².